The molecule has 1 amide bonds. The van der Waals surface area contributed by atoms with Gasteiger partial charge in [-0.05, 0) is 12.1 Å². The molecule has 3 nitrogen and oxygen atoms in total. The van der Waals surface area contributed by atoms with Crippen molar-refractivity contribution in [2.45, 2.75) is 6.92 Å². The molecule has 0 unspecified atom stereocenters. The van der Waals surface area contributed by atoms with Crippen LogP contribution in [-0.4, -0.2) is 11.0 Å². The Kier molecular flexibility index (Phi) is 2.70. The molecular formula is C8H8BrNO2. The van der Waals surface area contributed by atoms with Gasteiger partial charge >= 0.3 is 0 Å². The van der Waals surface area contributed by atoms with Crippen LogP contribution < -0.4 is 3.93 Å². The van der Waals surface area contributed by atoms with Crippen LogP contribution in [0.3, 0.4) is 0 Å². The van der Waals surface area contributed by atoms with Crippen LogP contribution in [0.15, 0.2) is 24.3 Å². The van der Waals surface area contributed by atoms with Crippen molar-refractivity contribution in [3.8, 4) is 5.75 Å². The molecule has 0 aliphatic rings. The van der Waals surface area contributed by atoms with Crippen molar-refractivity contribution < 1.29 is 9.90 Å². The Balaban J connectivity index is 2.95. The highest BCUT2D eigenvalue weighted by Crippen LogP contribution is 2.22. The molecule has 0 aliphatic carbocycles. The number of halogens is 1. The summed E-state index contributed by atoms with van der Waals surface area (Å²) in [6, 6.07) is 6.43. The minimum atomic E-state index is -0.138. The lowest BCUT2D eigenvalue weighted by Crippen LogP contribution is -2.15. The molecule has 1 aromatic rings. The second kappa shape index (κ2) is 3.58. The van der Waals surface area contributed by atoms with Crippen LogP contribution >= 0.6 is 16.1 Å². The minimum Gasteiger partial charge on any atom is -0.508 e. The molecular weight excluding hydrogens is 222 g/mol. The highest BCUT2D eigenvalue weighted by Gasteiger charge is 2.06. The largest absolute Gasteiger partial charge is 0.508 e. The number of amides is 1. The van der Waals surface area contributed by atoms with Gasteiger partial charge in [-0.3, -0.25) is 4.79 Å². The third-order valence-electron chi connectivity index (χ3n) is 1.33. The fraction of sp³-hybridized carbons (Fsp3) is 0.125. The second-order valence-corrected chi connectivity index (χ2v) is 3.03. The number of phenolic OH excluding ortho intramolecular Hbond substituents is 1. The Morgan fingerprint density at radius 3 is 2.75 bits per heavy atom. The monoisotopic (exact) mass is 229 g/mol. The van der Waals surface area contributed by atoms with E-state index in [1.165, 1.54) is 16.9 Å². The number of nitrogens with zero attached hydrogens (tertiary/aromatic N) is 1. The third-order valence-corrected chi connectivity index (χ3v) is 2.24. The Hall–Kier alpha value is -1.03. The first-order valence-electron chi connectivity index (χ1n) is 3.37. The molecule has 0 aromatic heterocycles. The van der Waals surface area contributed by atoms with Gasteiger partial charge in [0.05, 0.1) is 21.8 Å². The van der Waals surface area contributed by atoms with E-state index in [1.807, 2.05) is 0 Å². The Bertz CT molecular complexity index is 301. The van der Waals surface area contributed by atoms with E-state index in [-0.39, 0.29) is 11.7 Å². The standard InChI is InChI=1S/C8H8BrNO2/c1-6(11)10(9)7-3-2-4-8(12)5-7/h2-5,12H,1H3. The van der Waals surface area contributed by atoms with Crippen LogP contribution in [-0.2, 0) is 4.79 Å². The van der Waals surface area contributed by atoms with Crippen LogP contribution in [0.5, 0.6) is 5.75 Å². The van der Waals surface area contributed by atoms with Crippen LogP contribution in [0.1, 0.15) is 6.92 Å². The first-order valence-corrected chi connectivity index (χ1v) is 4.07. The lowest BCUT2D eigenvalue weighted by atomic mass is 10.3. The maximum absolute atomic E-state index is 10.9. The topological polar surface area (TPSA) is 40.5 Å². The molecule has 0 radical (unpaired) electrons. The maximum atomic E-state index is 10.9. The van der Waals surface area contributed by atoms with E-state index < -0.39 is 0 Å². The quantitative estimate of drug-likeness (QED) is 0.750. The van der Waals surface area contributed by atoms with Gasteiger partial charge < -0.3 is 5.11 Å². The zero-order valence-electron chi connectivity index (χ0n) is 6.49. The third kappa shape index (κ3) is 1.98. The average Bonchev–Trinajstić information content (AvgIpc) is 2.03. The predicted octanol–water partition coefficient (Wildman–Crippen LogP) is 2.05. The van der Waals surface area contributed by atoms with Gasteiger partial charge in [0.1, 0.15) is 5.75 Å². The van der Waals surface area contributed by atoms with Gasteiger partial charge in [-0.25, -0.2) is 3.93 Å². The normalized spacial score (nSPS) is 9.50. The summed E-state index contributed by atoms with van der Waals surface area (Å²) in [4.78, 5) is 10.9. The van der Waals surface area contributed by atoms with E-state index in [4.69, 9.17) is 5.11 Å². The number of carbonyl (C=O) groups excluding carboxylic acids is 1. The van der Waals surface area contributed by atoms with E-state index in [0.29, 0.717) is 5.69 Å². The Labute approximate surface area is 79.0 Å². The molecule has 0 saturated heterocycles. The van der Waals surface area contributed by atoms with Gasteiger partial charge in [0.2, 0.25) is 5.91 Å². The summed E-state index contributed by atoms with van der Waals surface area (Å²) in [5.74, 6) is -0.00111. The van der Waals surface area contributed by atoms with Gasteiger partial charge in [-0.2, -0.15) is 0 Å². The molecule has 64 valence electrons. The van der Waals surface area contributed by atoms with Gasteiger partial charge in [0.25, 0.3) is 0 Å². The van der Waals surface area contributed by atoms with Crippen molar-refractivity contribution in [2.24, 2.45) is 0 Å². The lowest BCUT2D eigenvalue weighted by Gasteiger charge is -2.11. The Morgan fingerprint density at radius 2 is 2.25 bits per heavy atom. The molecule has 1 N–H and O–H groups in total. The second-order valence-electron chi connectivity index (χ2n) is 2.32. The van der Waals surface area contributed by atoms with Gasteiger partial charge in [-0.15, -0.1) is 0 Å². The van der Waals surface area contributed by atoms with Gasteiger partial charge in [0, 0.05) is 13.0 Å². The first-order chi connectivity index (χ1) is 5.61. The summed E-state index contributed by atoms with van der Waals surface area (Å²) in [7, 11) is 0. The SMILES string of the molecule is CC(=O)N(Br)c1cccc(O)c1. The molecule has 0 fully saturated rings. The number of benzene rings is 1. The summed E-state index contributed by atoms with van der Waals surface area (Å²) in [5.41, 5.74) is 0.613. The minimum absolute atomic E-state index is 0.137. The molecule has 0 aliphatic heterocycles. The van der Waals surface area contributed by atoms with Gasteiger partial charge in [-0.1, -0.05) is 6.07 Å². The number of hydrogen-bond donors (Lipinski definition) is 1. The summed E-state index contributed by atoms with van der Waals surface area (Å²) in [6.45, 7) is 1.43. The number of carbonyl (C=O) groups is 1. The lowest BCUT2D eigenvalue weighted by molar-refractivity contribution is -0.115. The number of rotatable bonds is 1. The molecule has 1 aromatic carbocycles. The van der Waals surface area contributed by atoms with Crippen LogP contribution in [0, 0.1) is 0 Å². The molecule has 4 heteroatoms. The fourth-order valence-corrected chi connectivity index (χ4v) is 1.02. The zero-order valence-corrected chi connectivity index (χ0v) is 8.08. The summed E-state index contributed by atoms with van der Waals surface area (Å²) < 4.78 is 1.28. The van der Waals surface area contributed by atoms with Crippen molar-refractivity contribution >= 4 is 27.7 Å². The number of phenols is 1. The first kappa shape index (κ1) is 9.06. The van der Waals surface area contributed by atoms with E-state index in [2.05, 4.69) is 16.1 Å². The van der Waals surface area contributed by atoms with E-state index in [1.54, 1.807) is 18.2 Å². The molecule has 1 rings (SSSR count). The zero-order chi connectivity index (χ0) is 9.14. The summed E-state index contributed by atoms with van der Waals surface area (Å²) in [6.07, 6.45) is 0. The van der Waals surface area contributed by atoms with E-state index in [9.17, 15) is 4.79 Å². The Morgan fingerprint density at radius 1 is 1.58 bits per heavy atom. The van der Waals surface area contributed by atoms with E-state index >= 15 is 0 Å². The van der Waals surface area contributed by atoms with Crippen LogP contribution in [0.25, 0.3) is 0 Å². The number of hydrogen-bond acceptors (Lipinski definition) is 2. The van der Waals surface area contributed by atoms with E-state index in [0.717, 1.165) is 0 Å². The molecule has 0 saturated carbocycles. The number of aromatic hydroxyl groups is 1. The van der Waals surface area contributed by atoms with Crippen molar-refractivity contribution in [1.82, 2.24) is 0 Å². The fourth-order valence-electron chi connectivity index (χ4n) is 0.797. The highest BCUT2D eigenvalue weighted by atomic mass is 79.9. The molecule has 0 spiro atoms. The summed E-state index contributed by atoms with van der Waals surface area (Å²) in [5, 5.41) is 9.08. The highest BCUT2D eigenvalue weighted by molar-refractivity contribution is 9.10. The molecule has 0 bridgehead atoms. The number of anilines is 1. The van der Waals surface area contributed by atoms with Crippen LogP contribution in [0.4, 0.5) is 5.69 Å². The average molecular weight is 230 g/mol. The van der Waals surface area contributed by atoms with Crippen LogP contribution in [0.2, 0.25) is 0 Å². The molecule has 0 atom stereocenters. The van der Waals surface area contributed by atoms with Crippen molar-refractivity contribution in [3.05, 3.63) is 24.3 Å². The van der Waals surface area contributed by atoms with Crippen molar-refractivity contribution in [3.63, 3.8) is 0 Å². The smallest absolute Gasteiger partial charge is 0.233 e. The van der Waals surface area contributed by atoms with Gasteiger partial charge in [0.15, 0.2) is 0 Å². The maximum Gasteiger partial charge on any atom is 0.233 e. The molecule has 12 heavy (non-hydrogen) atoms. The van der Waals surface area contributed by atoms with Crippen molar-refractivity contribution in [1.29, 1.82) is 0 Å². The summed E-state index contributed by atoms with van der Waals surface area (Å²) >= 11 is 3.06. The van der Waals surface area contributed by atoms with Crippen molar-refractivity contribution in [2.75, 3.05) is 3.93 Å². The predicted molar refractivity (Wildman–Crippen MR) is 50.2 cm³/mol. The molecule has 0 heterocycles.